The van der Waals surface area contributed by atoms with Gasteiger partial charge in [-0.1, -0.05) is 48.0 Å². The molecule has 25 heavy (non-hydrogen) atoms. The number of nitrogens with zero attached hydrogens (tertiary/aromatic N) is 3. The van der Waals surface area contributed by atoms with Crippen LogP contribution in [0.25, 0.3) is 5.65 Å². The van der Waals surface area contributed by atoms with E-state index in [0.29, 0.717) is 5.15 Å². The van der Waals surface area contributed by atoms with Gasteiger partial charge in [0, 0.05) is 18.2 Å². The zero-order chi connectivity index (χ0) is 17.3. The summed E-state index contributed by atoms with van der Waals surface area (Å²) in [5, 5.41) is 10.6. The zero-order valence-electron chi connectivity index (χ0n) is 14.1. The molecule has 0 aliphatic carbocycles. The Kier molecular flexibility index (Phi) is 4.50. The van der Waals surface area contributed by atoms with Crippen molar-refractivity contribution in [2.75, 3.05) is 19.7 Å². The zero-order valence-corrected chi connectivity index (χ0v) is 14.9. The van der Waals surface area contributed by atoms with E-state index < -0.39 is 0 Å². The summed E-state index contributed by atoms with van der Waals surface area (Å²) in [5.74, 6) is 0. The molecule has 1 aliphatic heterocycles. The van der Waals surface area contributed by atoms with Crippen LogP contribution in [0.5, 0.6) is 0 Å². The van der Waals surface area contributed by atoms with Crippen molar-refractivity contribution < 1.29 is 5.11 Å². The Labute approximate surface area is 152 Å². The van der Waals surface area contributed by atoms with Crippen LogP contribution in [0.1, 0.15) is 24.1 Å². The van der Waals surface area contributed by atoms with Gasteiger partial charge in [0.15, 0.2) is 5.15 Å². The number of hydrogen-bond acceptors (Lipinski definition) is 3. The lowest BCUT2D eigenvalue weighted by atomic mass is 9.73. The summed E-state index contributed by atoms with van der Waals surface area (Å²) in [6, 6.07) is 16.3. The number of pyridine rings is 1. The maximum Gasteiger partial charge on any atom is 0.152 e. The molecule has 0 atom stereocenters. The van der Waals surface area contributed by atoms with Gasteiger partial charge in [-0.25, -0.2) is 4.98 Å². The second-order valence-corrected chi connectivity index (χ2v) is 7.22. The molecule has 1 aromatic carbocycles. The van der Waals surface area contributed by atoms with E-state index in [4.69, 9.17) is 11.6 Å². The van der Waals surface area contributed by atoms with Crippen LogP contribution in [0.3, 0.4) is 0 Å². The number of likely N-dealkylation sites (tertiary alicyclic amines) is 1. The topological polar surface area (TPSA) is 40.8 Å². The van der Waals surface area contributed by atoms with Crippen molar-refractivity contribution in [2.24, 2.45) is 0 Å². The van der Waals surface area contributed by atoms with Crippen LogP contribution in [-0.4, -0.2) is 39.1 Å². The first-order chi connectivity index (χ1) is 12.2. The Bertz CT molecular complexity index is 854. The average Bonchev–Trinajstić information content (AvgIpc) is 2.99. The minimum atomic E-state index is -0.124. The fraction of sp³-hybridized carbons (Fsp3) is 0.350. The lowest BCUT2D eigenvalue weighted by Crippen LogP contribution is -2.44. The van der Waals surface area contributed by atoms with E-state index in [0.717, 1.165) is 43.8 Å². The average molecular weight is 356 g/mol. The van der Waals surface area contributed by atoms with E-state index >= 15 is 0 Å². The Morgan fingerprint density at radius 1 is 1.04 bits per heavy atom. The van der Waals surface area contributed by atoms with Gasteiger partial charge >= 0.3 is 0 Å². The van der Waals surface area contributed by atoms with Crippen molar-refractivity contribution in [1.29, 1.82) is 0 Å². The Morgan fingerprint density at radius 2 is 1.76 bits per heavy atom. The van der Waals surface area contributed by atoms with Crippen molar-refractivity contribution in [3.05, 3.63) is 71.1 Å². The number of rotatable bonds is 4. The van der Waals surface area contributed by atoms with Crippen LogP contribution in [0.2, 0.25) is 5.15 Å². The van der Waals surface area contributed by atoms with Crippen LogP contribution in [0.15, 0.2) is 54.7 Å². The van der Waals surface area contributed by atoms with Gasteiger partial charge in [0.05, 0.1) is 12.3 Å². The van der Waals surface area contributed by atoms with Crippen LogP contribution < -0.4 is 0 Å². The van der Waals surface area contributed by atoms with Crippen molar-refractivity contribution in [1.82, 2.24) is 14.3 Å². The molecule has 1 aliphatic rings. The number of aliphatic hydroxyl groups is 1. The minimum absolute atomic E-state index is 0.124. The molecule has 3 aromatic rings. The molecule has 5 heteroatoms. The first-order valence-electron chi connectivity index (χ1n) is 8.72. The molecular weight excluding hydrogens is 334 g/mol. The maximum absolute atomic E-state index is 10.1. The van der Waals surface area contributed by atoms with Crippen molar-refractivity contribution in [2.45, 2.75) is 24.8 Å². The van der Waals surface area contributed by atoms with Crippen LogP contribution in [0.4, 0.5) is 0 Å². The van der Waals surface area contributed by atoms with Crippen molar-refractivity contribution in [3.8, 4) is 0 Å². The monoisotopic (exact) mass is 355 g/mol. The molecule has 130 valence electrons. The fourth-order valence-corrected chi connectivity index (χ4v) is 4.08. The SMILES string of the molecule is OCC1(c2ccccc2)CCN(Cc2c(Cl)nc3ccccn23)CC1. The van der Waals surface area contributed by atoms with Crippen LogP contribution in [-0.2, 0) is 12.0 Å². The second-order valence-electron chi connectivity index (χ2n) is 6.86. The lowest BCUT2D eigenvalue weighted by Gasteiger charge is -2.41. The Hall–Kier alpha value is -1.88. The predicted molar refractivity (Wildman–Crippen MR) is 99.9 cm³/mol. The van der Waals surface area contributed by atoms with Crippen LogP contribution >= 0.6 is 11.6 Å². The van der Waals surface area contributed by atoms with E-state index in [1.165, 1.54) is 5.56 Å². The van der Waals surface area contributed by atoms with Gasteiger partial charge in [0.25, 0.3) is 0 Å². The van der Waals surface area contributed by atoms with E-state index in [2.05, 4.69) is 38.6 Å². The van der Waals surface area contributed by atoms with E-state index in [-0.39, 0.29) is 12.0 Å². The number of hydrogen-bond donors (Lipinski definition) is 1. The third-order valence-electron chi connectivity index (χ3n) is 5.46. The highest BCUT2D eigenvalue weighted by Crippen LogP contribution is 2.35. The first kappa shape index (κ1) is 16.6. The molecule has 4 rings (SSSR count). The maximum atomic E-state index is 10.1. The highest BCUT2D eigenvalue weighted by molar-refractivity contribution is 6.30. The normalized spacial score (nSPS) is 17.8. The number of fused-ring (bicyclic) bond motifs is 1. The molecular formula is C20H22ClN3O. The number of halogens is 1. The fourth-order valence-electron chi connectivity index (χ4n) is 3.84. The highest BCUT2D eigenvalue weighted by atomic mass is 35.5. The first-order valence-corrected chi connectivity index (χ1v) is 9.10. The van der Waals surface area contributed by atoms with E-state index in [9.17, 15) is 5.11 Å². The van der Waals surface area contributed by atoms with Gasteiger partial charge < -0.3 is 9.51 Å². The van der Waals surface area contributed by atoms with Gasteiger partial charge in [-0.2, -0.15) is 0 Å². The molecule has 1 N–H and O–H groups in total. The Balaban J connectivity index is 1.51. The van der Waals surface area contributed by atoms with Crippen LogP contribution in [0, 0.1) is 0 Å². The molecule has 0 unspecified atom stereocenters. The molecule has 1 saturated heterocycles. The molecule has 0 saturated carbocycles. The third-order valence-corrected chi connectivity index (χ3v) is 5.76. The van der Waals surface area contributed by atoms with Gasteiger partial charge in [-0.05, 0) is 43.6 Å². The standard InChI is InChI=1S/C20H22ClN3O/c21-19-17(24-11-5-4-8-18(24)22-19)14-23-12-9-20(15-25,10-13-23)16-6-2-1-3-7-16/h1-8,11,25H,9-10,12-15H2. The molecule has 2 aromatic heterocycles. The quantitative estimate of drug-likeness (QED) is 0.778. The number of aliphatic hydroxyl groups excluding tert-OH is 1. The van der Waals surface area contributed by atoms with E-state index in [1.54, 1.807) is 0 Å². The smallest absolute Gasteiger partial charge is 0.152 e. The number of aromatic nitrogens is 2. The molecule has 4 nitrogen and oxygen atoms in total. The summed E-state index contributed by atoms with van der Waals surface area (Å²) < 4.78 is 2.06. The molecule has 0 bridgehead atoms. The molecule has 1 fully saturated rings. The number of benzene rings is 1. The summed E-state index contributed by atoms with van der Waals surface area (Å²) in [6.07, 6.45) is 3.90. The molecule has 3 heterocycles. The number of imidazole rings is 1. The second kappa shape index (κ2) is 6.79. The molecule has 0 radical (unpaired) electrons. The van der Waals surface area contributed by atoms with Crippen molar-refractivity contribution >= 4 is 17.2 Å². The van der Waals surface area contributed by atoms with Gasteiger partial charge in [0.1, 0.15) is 5.65 Å². The number of piperidine rings is 1. The summed E-state index contributed by atoms with van der Waals surface area (Å²) in [7, 11) is 0. The Morgan fingerprint density at radius 3 is 2.48 bits per heavy atom. The summed E-state index contributed by atoms with van der Waals surface area (Å²) in [6.45, 7) is 2.85. The van der Waals surface area contributed by atoms with Gasteiger partial charge in [-0.3, -0.25) is 4.90 Å². The lowest BCUT2D eigenvalue weighted by molar-refractivity contribution is 0.0966. The summed E-state index contributed by atoms with van der Waals surface area (Å²) in [5.41, 5.74) is 3.04. The summed E-state index contributed by atoms with van der Waals surface area (Å²) in [4.78, 5) is 6.83. The third kappa shape index (κ3) is 3.06. The highest BCUT2D eigenvalue weighted by Gasteiger charge is 2.35. The molecule has 0 spiro atoms. The van der Waals surface area contributed by atoms with Gasteiger partial charge in [0.2, 0.25) is 0 Å². The largest absolute Gasteiger partial charge is 0.395 e. The summed E-state index contributed by atoms with van der Waals surface area (Å²) >= 11 is 6.37. The minimum Gasteiger partial charge on any atom is -0.395 e. The van der Waals surface area contributed by atoms with E-state index in [1.807, 2.05) is 30.5 Å². The van der Waals surface area contributed by atoms with Gasteiger partial charge in [-0.15, -0.1) is 0 Å². The van der Waals surface area contributed by atoms with Crippen molar-refractivity contribution in [3.63, 3.8) is 0 Å². The molecule has 0 amide bonds. The predicted octanol–water partition coefficient (Wildman–Crippen LogP) is 3.51.